The second kappa shape index (κ2) is 11.7. The van der Waals surface area contributed by atoms with Gasteiger partial charge in [0, 0.05) is 11.1 Å². The molecule has 4 nitrogen and oxygen atoms in total. The van der Waals surface area contributed by atoms with Crippen LogP contribution in [0.15, 0.2) is 54.6 Å². The summed E-state index contributed by atoms with van der Waals surface area (Å²) in [6.07, 6.45) is 1.46. The highest BCUT2D eigenvalue weighted by atomic mass is 16.5. The highest BCUT2D eigenvalue weighted by Gasteiger charge is 2.27. The Hall–Kier alpha value is -3.06. The molecule has 0 aliphatic heterocycles. The summed E-state index contributed by atoms with van der Waals surface area (Å²) >= 11 is 0. The van der Waals surface area contributed by atoms with Gasteiger partial charge in [-0.15, -0.1) is 0 Å². The fourth-order valence-electron chi connectivity index (χ4n) is 1.84. The monoisotopic (exact) mass is 394 g/mol. The summed E-state index contributed by atoms with van der Waals surface area (Å²) in [5.74, 6) is 5.65. The lowest BCUT2D eigenvalue weighted by molar-refractivity contribution is -0.144. The maximum absolute atomic E-state index is 12.0. The summed E-state index contributed by atoms with van der Waals surface area (Å²) < 4.78 is 5.40. The fraction of sp³-hybridized carbons (Fsp3) is 0.360. The van der Waals surface area contributed by atoms with Crippen LogP contribution in [0.2, 0.25) is 0 Å². The van der Waals surface area contributed by atoms with Crippen molar-refractivity contribution in [2.45, 2.75) is 47.5 Å². The largest absolute Gasteiger partial charge is 0.481 e. The van der Waals surface area contributed by atoms with E-state index in [0.717, 1.165) is 24.0 Å². The SMILES string of the molecule is CCC(C)(C)C(=O)Oc1ccc(C#Cc2ccccc2)cc1.CCC(C)C(=O)O. The molecule has 29 heavy (non-hydrogen) atoms. The van der Waals surface area contributed by atoms with Gasteiger partial charge in [-0.05, 0) is 63.1 Å². The average molecular weight is 395 g/mol. The maximum Gasteiger partial charge on any atom is 0.316 e. The Labute approximate surface area is 173 Å². The number of carbonyl (C=O) groups is 2. The van der Waals surface area contributed by atoms with Crippen LogP contribution in [0, 0.1) is 23.2 Å². The molecule has 2 aromatic carbocycles. The lowest BCUT2D eigenvalue weighted by Gasteiger charge is -2.19. The van der Waals surface area contributed by atoms with Crippen molar-refractivity contribution in [3.8, 4) is 17.6 Å². The number of aliphatic carboxylic acids is 1. The van der Waals surface area contributed by atoms with Gasteiger partial charge >= 0.3 is 11.9 Å². The quantitative estimate of drug-likeness (QED) is 0.410. The average Bonchev–Trinajstić information content (AvgIpc) is 2.73. The van der Waals surface area contributed by atoms with Crippen molar-refractivity contribution in [3.05, 3.63) is 65.7 Å². The second-order valence-corrected chi connectivity index (χ2v) is 7.41. The zero-order valence-corrected chi connectivity index (χ0v) is 17.9. The summed E-state index contributed by atoms with van der Waals surface area (Å²) in [5, 5.41) is 8.18. The molecule has 0 aliphatic carbocycles. The minimum atomic E-state index is -0.706. The van der Waals surface area contributed by atoms with E-state index in [-0.39, 0.29) is 11.9 Å². The summed E-state index contributed by atoms with van der Waals surface area (Å²) in [7, 11) is 0. The third-order valence-electron chi connectivity index (χ3n) is 4.66. The van der Waals surface area contributed by atoms with Gasteiger partial charge in [-0.1, -0.05) is 50.8 Å². The highest BCUT2D eigenvalue weighted by Crippen LogP contribution is 2.23. The van der Waals surface area contributed by atoms with Gasteiger partial charge < -0.3 is 9.84 Å². The first-order chi connectivity index (χ1) is 13.7. The van der Waals surface area contributed by atoms with Crippen LogP contribution in [-0.4, -0.2) is 17.0 Å². The topological polar surface area (TPSA) is 63.6 Å². The lowest BCUT2D eigenvalue weighted by atomic mass is 9.91. The minimum Gasteiger partial charge on any atom is -0.481 e. The molecule has 0 spiro atoms. The molecule has 0 saturated carbocycles. The molecule has 0 heterocycles. The van der Waals surface area contributed by atoms with Crippen LogP contribution in [0.1, 0.15) is 58.6 Å². The highest BCUT2D eigenvalue weighted by molar-refractivity contribution is 5.78. The third-order valence-corrected chi connectivity index (χ3v) is 4.66. The lowest BCUT2D eigenvalue weighted by Crippen LogP contribution is -2.28. The molecule has 0 saturated heterocycles. The van der Waals surface area contributed by atoms with Crippen LogP contribution in [0.5, 0.6) is 5.75 Å². The smallest absolute Gasteiger partial charge is 0.316 e. The molecule has 1 atom stereocenters. The van der Waals surface area contributed by atoms with Crippen molar-refractivity contribution in [2.75, 3.05) is 0 Å². The third kappa shape index (κ3) is 8.66. The number of hydrogen-bond acceptors (Lipinski definition) is 3. The van der Waals surface area contributed by atoms with Gasteiger partial charge in [0.15, 0.2) is 0 Å². The van der Waals surface area contributed by atoms with Gasteiger partial charge in [0.25, 0.3) is 0 Å². The first-order valence-electron chi connectivity index (χ1n) is 9.81. The van der Waals surface area contributed by atoms with E-state index in [9.17, 15) is 9.59 Å². The van der Waals surface area contributed by atoms with E-state index in [1.165, 1.54) is 0 Å². The van der Waals surface area contributed by atoms with E-state index >= 15 is 0 Å². The molecule has 0 aliphatic rings. The molecular formula is C25H30O4. The molecule has 1 unspecified atom stereocenters. The molecule has 0 aromatic heterocycles. The number of benzene rings is 2. The molecule has 2 rings (SSSR count). The van der Waals surface area contributed by atoms with Gasteiger partial charge in [-0.25, -0.2) is 0 Å². The number of esters is 1. The first-order valence-corrected chi connectivity index (χ1v) is 9.81. The number of rotatable bonds is 5. The predicted molar refractivity (Wildman–Crippen MR) is 116 cm³/mol. The van der Waals surface area contributed by atoms with Crippen LogP contribution in [-0.2, 0) is 9.59 Å². The normalized spacial score (nSPS) is 11.2. The van der Waals surface area contributed by atoms with E-state index in [0.29, 0.717) is 5.75 Å². The summed E-state index contributed by atoms with van der Waals surface area (Å²) in [6.45, 7) is 9.30. The zero-order valence-electron chi connectivity index (χ0n) is 17.9. The van der Waals surface area contributed by atoms with Gasteiger partial charge in [-0.2, -0.15) is 0 Å². The first kappa shape index (κ1) is 24.0. The Bertz CT molecular complexity index is 840. The Kier molecular flexibility index (Phi) is 9.68. The van der Waals surface area contributed by atoms with Gasteiger partial charge in [-0.3, -0.25) is 9.59 Å². The fourth-order valence-corrected chi connectivity index (χ4v) is 1.84. The Morgan fingerprint density at radius 3 is 1.90 bits per heavy atom. The second-order valence-electron chi connectivity index (χ2n) is 7.41. The Morgan fingerprint density at radius 1 is 0.966 bits per heavy atom. The standard InChI is InChI=1S/C20H20O2.C5H10O2/c1-4-20(2,3)19(21)22-18-14-12-17(13-15-18)11-10-16-8-6-5-7-9-16;1-3-4(2)5(6)7/h5-9,12-15H,4H2,1-3H3;4H,3H2,1-2H3,(H,6,7). The van der Waals surface area contributed by atoms with E-state index < -0.39 is 11.4 Å². The summed E-state index contributed by atoms with van der Waals surface area (Å²) in [4.78, 5) is 21.9. The molecule has 0 fully saturated rings. The Balaban J connectivity index is 0.000000516. The van der Waals surface area contributed by atoms with E-state index in [1.54, 1.807) is 19.1 Å². The van der Waals surface area contributed by atoms with Gasteiger partial charge in [0.1, 0.15) is 5.75 Å². The molecule has 0 amide bonds. The molecule has 2 aromatic rings. The summed E-state index contributed by atoms with van der Waals surface area (Å²) in [6, 6.07) is 17.1. The number of carboxylic acid groups (broad SMARTS) is 1. The van der Waals surface area contributed by atoms with Crippen LogP contribution in [0.4, 0.5) is 0 Å². The van der Waals surface area contributed by atoms with E-state index in [1.807, 2.05) is 70.2 Å². The van der Waals surface area contributed by atoms with Crippen molar-refractivity contribution in [2.24, 2.45) is 11.3 Å². The maximum atomic E-state index is 12.0. The van der Waals surface area contributed by atoms with Crippen LogP contribution in [0.25, 0.3) is 0 Å². The minimum absolute atomic E-state index is 0.181. The van der Waals surface area contributed by atoms with E-state index in [2.05, 4.69) is 11.8 Å². The molecule has 0 radical (unpaired) electrons. The van der Waals surface area contributed by atoms with Crippen LogP contribution >= 0.6 is 0 Å². The number of hydrogen-bond donors (Lipinski definition) is 1. The molecule has 154 valence electrons. The number of carbonyl (C=O) groups excluding carboxylic acids is 1. The van der Waals surface area contributed by atoms with Crippen molar-refractivity contribution >= 4 is 11.9 Å². The van der Waals surface area contributed by atoms with Crippen molar-refractivity contribution in [1.82, 2.24) is 0 Å². The molecule has 4 heteroatoms. The zero-order chi connectivity index (χ0) is 21.9. The van der Waals surface area contributed by atoms with Crippen molar-refractivity contribution in [1.29, 1.82) is 0 Å². The molecular weight excluding hydrogens is 364 g/mol. The molecule has 1 N–H and O–H groups in total. The van der Waals surface area contributed by atoms with Crippen LogP contribution < -0.4 is 4.74 Å². The van der Waals surface area contributed by atoms with Gasteiger partial charge in [0.2, 0.25) is 0 Å². The molecule has 0 bridgehead atoms. The predicted octanol–water partition coefficient (Wildman–Crippen LogP) is 5.55. The number of ether oxygens (including phenoxy) is 1. The summed E-state index contributed by atoms with van der Waals surface area (Å²) in [5.41, 5.74) is 1.40. The van der Waals surface area contributed by atoms with E-state index in [4.69, 9.17) is 9.84 Å². The Morgan fingerprint density at radius 2 is 1.48 bits per heavy atom. The number of carboxylic acids is 1. The van der Waals surface area contributed by atoms with Crippen molar-refractivity contribution in [3.63, 3.8) is 0 Å². The van der Waals surface area contributed by atoms with Crippen molar-refractivity contribution < 1.29 is 19.4 Å². The van der Waals surface area contributed by atoms with Crippen LogP contribution in [0.3, 0.4) is 0 Å². The van der Waals surface area contributed by atoms with Gasteiger partial charge in [0.05, 0.1) is 11.3 Å².